The van der Waals surface area contributed by atoms with Crippen LogP contribution in [0.2, 0.25) is 0 Å². The molecule has 0 amide bonds. The van der Waals surface area contributed by atoms with Gasteiger partial charge in [0.05, 0.1) is 11.3 Å². The van der Waals surface area contributed by atoms with E-state index in [0.29, 0.717) is 0 Å². The smallest absolute Gasteiger partial charge is 0.146 e. The van der Waals surface area contributed by atoms with Crippen molar-refractivity contribution < 1.29 is 26.2 Å². The summed E-state index contributed by atoms with van der Waals surface area (Å²) in [4.78, 5) is 10.0. The largest absolute Gasteiger partial charge is 0.515 e. The maximum absolute atomic E-state index is 10.8. The number of hydrogen-bond acceptors (Lipinski definition) is 3. The van der Waals surface area contributed by atoms with Crippen LogP contribution in [-0.4, -0.2) is 19.5 Å². The van der Waals surface area contributed by atoms with Gasteiger partial charge in [-0.15, -0.1) is 23.8 Å². The van der Waals surface area contributed by atoms with Gasteiger partial charge in [0.2, 0.25) is 0 Å². The Morgan fingerprint density at radius 2 is 1.33 bits per heavy atom. The summed E-state index contributed by atoms with van der Waals surface area (Å²) in [6, 6.07) is 44.9. The third kappa shape index (κ3) is 3.87. The average Bonchev–Trinajstić information content (AvgIpc) is 3.56. The minimum Gasteiger partial charge on any atom is -0.515 e. The summed E-state index contributed by atoms with van der Waals surface area (Å²) in [6.45, 7) is 0. The zero-order valence-corrected chi connectivity index (χ0v) is 25.0. The summed E-state index contributed by atoms with van der Waals surface area (Å²) in [5.41, 5.74) is 8.28. The number of phenolic OH excluding ortho intramolecular Hbond substituents is 1. The normalized spacial score (nSPS) is 11.6. The molecule has 0 saturated heterocycles. The van der Waals surface area contributed by atoms with Gasteiger partial charge in [-0.2, -0.15) is 0 Å². The van der Waals surface area contributed by atoms with Crippen molar-refractivity contribution in [3.63, 3.8) is 0 Å². The number of para-hydroxylation sites is 2. The quantitative estimate of drug-likeness (QED) is 0.185. The Bertz CT molecular complexity index is 2500. The van der Waals surface area contributed by atoms with Crippen LogP contribution in [0.4, 0.5) is 0 Å². The van der Waals surface area contributed by atoms with E-state index < -0.39 is 0 Å². The predicted octanol–water partition coefficient (Wildman–Crippen LogP) is 9.28. The van der Waals surface area contributed by atoms with E-state index in [0.717, 1.165) is 61.1 Å². The summed E-state index contributed by atoms with van der Waals surface area (Å²) in [7, 11) is 0. The Morgan fingerprint density at radius 3 is 2.19 bits per heavy atom. The molecule has 0 saturated carbocycles. The molecular formula is C38H22N3OPt-. The first-order chi connectivity index (χ1) is 20.7. The molecule has 9 aromatic rings. The maximum atomic E-state index is 10.8. The minimum atomic E-state index is 0. The zero-order valence-electron chi connectivity index (χ0n) is 22.7. The number of benzene rings is 5. The van der Waals surface area contributed by atoms with Gasteiger partial charge in [0.15, 0.2) is 0 Å². The van der Waals surface area contributed by atoms with Crippen molar-refractivity contribution >= 4 is 49.1 Å². The van der Waals surface area contributed by atoms with Gasteiger partial charge in [0.25, 0.3) is 0 Å². The van der Waals surface area contributed by atoms with Crippen LogP contribution in [0.3, 0.4) is 0 Å². The van der Waals surface area contributed by atoms with Crippen LogP contribution >= 0.6 is 0 Å². The van der Waals surface area contributed by atoms with Gasteiger partial charge in [-0.3, -0.25) is 9.38 Å². The van der Waals surface area contributed by atoms with Crippen LogP contribution < -0.4 is 0 Å². The van der Waals surface area contributed by atoms with Gasteiger partial charge in [0, 0.05) is 54.5 Å². The van der Waals surface area contributed by atoms with Gasteiger partial charge >= 0.3 is 0 Å². The number of fused-ring (bicyclic) bond motifs is 7. The van der Waals surface area contributed by atoms with Crippen molar-refractivity contribution in [3.8, 4) is 39.3 Å². The van der Waals surface area contributed by atoms with Crippen molar-refractivity contribution in [3.05, 3.63) is 134 Å². The Labute approximate surface area is 261 Å². The molecule has 0 bridgehead atoms. The SMILES string of the molecule is Oc1ccccc1-c1[c-]c(-c2ccc3c4cccc5c6cccnc6n(c3n2)c54)cc(-c2ccc3ccccc3c2)c1.[Pt]. The number of hydrogen-bond donors (Lipinski definition) is 1. The van der Waals surface area contributed by atoms with E-state index in [2.05, 4.69) is 101 Å². The molecular weight excluding hydrogens is 710 g/mol. The molecule has 4 aromatic heterocycles. The second-order valence-corrected chi connectivity index (χ2v) is 10.8. The predicted molar refractivity (Wildman–Crippen MR) is 171 cm³/mol. The molecule has 0 unspecified atom stereocenters. The van der Waals surface area contributed by atoms with Crippen LogP contribution in [-0.2, 0) is 21.1 Å². The first kappa shape index (κ1) is 25.6. The number of phenols is 1. The molecule has 0 spiro atoms. The van der Waals surface area contributed by atoms with Crippen molar-refractivity contribution in [1.82, 2.24) is 14.4 Å². The van der Waals surface area contributed by atoms with E-state index in [1.165, 1.54) is 21.5 Å². The molecule has 0 radical (unpaired) electrons. The van der Waals surface area contributed by atoms with Crippen molar-refractivity contribution in [1.29, 1.82) is 0 Å². The van der Waals surface area contributed by atoms with E-state index in [1.807, 2.05) is 30.5 Å². The molecule has 0 atom stereocenters. The molecule has 0 fully saturated rings. The monoisotopic (exact) mass is 731 g/mol. The van der Waals surface area contributed by atoms with Crippen molar-refractivity contribution in [2.24, 2.45) is 0 Å². The first-order valence-corrected chi connectivity index (χ1v) is 14.0. The molecule has 5 aromatic carbocycles. The third-order valence-corrected chi connectivity index (χ3v) is 8.35. The molecule has 43 heavy (non-hydrogen) atoms. The molecule has 0 aliphatic carbocycles. The van der Waals surface area contributed by atoms with E-state index in [-0.39, 0.29) is 26.8 Å². The van der Waals surface area contributed by atoms with Gasteiger partial charge in [-0.25, -0.2) is 4.98 Å². The fourth-order valence-electron chi connectivity index (χ4n) is 6.39. The number of aromatic nitrogens is 3. The van der Waals surface area contributed by atoms with Gasteiger partial charge in [-0.1, -0.05) is 96.1 Å². The van der Waals surface area contributed by atoms with E-state index in [4.69, 9.17) is 9.97 Å². The molecule has 4 heterocycles. The van der Waals surface area contributed by atoms with Crippen LogP contribution in [0.15, 0.2) is 128 Å². The Morgan fingerprint density at radius 1 is 0.581 bits per heavy atom. The summed E-state index contributed by atoms with van der Waals surface area (Å²) >= 11 is 0. The average molecular weight is 732 g/mol. The Hall–Kier alpha value is -5.05. The maximum Gasteiger partial charge on any atom is 0.146 e. The molecule has 9 rings (SSSR count). The van der Waals surface area contributed by atoms with E-state index in [9.17, 15) is 5.11 Å². The van der Waals surface area contributed by atoms with Crippen molar-refractivity contribution in [2.45, 2.75) is 0 Å². The fourth-order valence-corrected chi connectivity index (χ4v) is 6.39. The molecule has 4 nitrogen and oxygen atoms in total. The third-order valence-electron chi connectivity index (χ3n) is 8.35. The summed E-state index contributed by atoms with van der Waals surface area (Å²) in [5.74, 6) is 0.222. The van der Waals surface area contributed by atoms with Crippen molar-refractivity contribution in [2.75, 3.05) is 0 Å². The molecule has 5 heteroatoms. The summed E-state index contributed by atoms with van der Waals surface area (Å²) in [6.07, 6.45) is 1.84. The van der Waals surface area contributed by atoms with Crippen LogP contribution in [0.25, 0.3) is 82.6 Å². The van der Waals surface area contributed by atoms with Gasteiger partial charge in [0.1, 0.15) is 11.3 Å². The standard InChI is InChI=1S/C38H22N3O.Pt/c42-35-13-4-3-9-29(35)27-20-26(25-15-14-23-7-1-2-8-24(23)19-25)21-28(22-27)34-17-16-33-31-11-5-10-30-32-12-6-18-39-37(32)41(36(30)31)38(33)40-34;/h1-21,42H;/q-1;. The fraction of sp³-hybridized carbons (Fsp3) is 0. The number of aromatic hydroxyl groups is 1. The number of rotatable bonds is 3. The topological polar surface area (TPSA) is 50.4 Å². The molecule has 0 aliphatic heterocycles. The molecule has 1 N–H and O–H groups in total. The van der Waals surface area contributed by atoms with E-state index >= 15 is 0 Å². The van der Waals surface area contributed by atoms with Gasteiger partial charge < -0.3 is 5.11 Å². The summed E-state index contributed by atoms with van der Waals surface area (Å²) in [5, 5.41) is 17.7. The Kier molecular flexibility index (Phi) is 5.82. The van der Waals surface area contributed by atoms with Gasteiger partial charge in [-0.05, 0) is 46.2 Å². The Balaban J connectivity index is 0.00000278. The molecule has 206 valence electrons. The zero-order chi connectivity index (χ0) is 27.8. The molecule has 0 aliphatic rings. The minimum absolute atomic E-state index is 0. The van der Waals surface area contributed by atoms with Crippen LogP contribution in [0, 0.1) is 6.07 Å². The second-order valence-electron chi connectivity index (χ2n) is 10.8. The van der Waals surface area contributed by atoms with E-state index in [1.54, 1.807) is 6.07 Å². The number of nitrogens with zero attached hydrogens (tertiary/aromatic N) is 3. The first-order valence-electron chi connectivity index (χ1n) is 14.0. The second kappa shape index (κ2) is 9.76. The van der Waals surface area contributed by atoms with Crippen LogP contribution in [0.1, 0.15) is 0 Å². The summed E-state index contributed by atoms with van der Waals surface area (Å²) < 4.78 is 2.19. The van der Waals surface area contributed by atoms with Crippen LogP contribution in [0.5, 0.6) is 5.75 Å². The number of pyridine rings is 2.